The molecule has 0 N–H and O–H groups in total. The minimum Gasteiger partial charge on any atom is -0.338 e. The number of piperidine rings is 1. The van der Waals surface area contributed by atoms with Gasteiger partial charge in [-0.3, -0.25) is 9.59 Å². The van der Waals surface area contributed by atoms with Gasteiger partial charge in [0.15, 0.2) is 0 Å². The third-order valence-corrected chi connectivity index (χ3v) is 2.95. The summed E-state index contributed by atoms with van der Waals surface area (Å²) < 4.78 is 0. The molecule has 1 aliphatic rings. The molecule has 0 atom stereocenters. The third-order valence-electron chi connectivity index (χ3n) is 2.70. The summed E-state index contributed by atoms with van der Waals surface area (Å²) in [5.41, 5.74) is 0.624. The average molecular weight is 266 g/mol. The van der Waals surface area contributed by atoms with E-state index in [9.17, 15) is 9.59 Å². The molecule has 0 saturated carbocycles. The SMILES string of the molecule is C=C.O=C1CCN(C(=O)c2ccc(Cl)cc2)CC1. The summed E-state index contributed by atoms with van der Waals surface area (Å²) in [6, 6.07) is 6.82. The molecule has 3 nitrogen and oxygen atoms in total. The summed E-state index contributed by atoms with van der Waals surface area (Å²) >= 11 is 5.75. The molecule has 0 unspecified atom stereocenters. The smallest absolute Gasteiger partial charge is 0.253 e. The second kappa shape index (κ2) is 6.97. The van der Waals surface area contributed by atoms with Crippen LogP contribution < -0.4 is 0 Å². The number of carbonyl (C=O) groups is 2. The summed E-state index contributed by atoms with van der Waals surface area (Å²) in [6.45, 7) is 7.06. The highest BCUT2D eigenvalue weighted by molar-refractivity contribution is 6.30. The van der Waals surface area contributed by atoms with E-state index in [2.05, 4.69) is 13.2 Å². The summed E-state index contributed by atoms with van der Waals surface area (Å²) in [5.74, 6) is 0.212. The number of likely N-dealkylation sites (tertiary alicyclic amines) is 1. The molecule has 1 fully saturated rings. The zero-order valence-electron chi connectivity index (χ0n) is 10.2. The van der Waals surface area contributed by atoms with Crippen molar-refractivity contribution >= 4 is 23.3 Å². The molecule has 1 heterocycles. The van der Waals surface area contributed by atoms with Crippen molar-refractivity contribution in [2.45, 2.75) is 12.8 Å². The Morgan fingerprint density at radius 1 is 1.11 bits per heavy atom. The first-order chi connectivity index (χ1) is 8.66. The van der Waals surface area contributed by atoms with Crippen LogP contribution in [0.2, 0.25) is 5.02 Å². The molecule has 0 aliphatic carbocycles. The van der Waals surface area contributed by atoms with Gasteiger partial charge in [0.1, 0.15) is 5.78 Å². The topological polar surface area (TPSA) is 37.4 Å². The molecule has 0 spiro atoms. The van der Waals surface area contributed by atoms with Gasteiger partial charge in [0.2, 0.25) is 0 Å². The van der Waals surface area contributed by atoms with Crippen molar-refractivity contribution in [2.75, 3.05) is 13.1 Å². The lowest BCUT2D eigenvalue weighted by Gasteiger charge is -2.26. The molecular formula is C14H16ClNO2. The van der Waals surface area contributed by atoms with Crippen molar-refractivity contribution in [3.8, 4) is 0 Å². The minimum atomic E-state index is -0.0239. The highest BCUT2D eigenvalue weighted by atomic mass is 35.5. The fourth-order valence-corrected chi connectivity index (χ4v) is 1.86. The average Bonchev–Trinajstić information content (AvgIpc) is 2.42. The van der Waals surface area contributed by atoms with E-state index in [0.717, 1.165) is 0 Å². The van der Waals surface area contributed by atoms with Crippen LogP contribution in [0.1, 0.15) is 23.2 Å². The van der Waals surface area contributed by atoms with Crippen LogP contribution in [0.4, 0.5) is 0 Å². The fourth-order valence-electron chi connectivity index (χ4n) is 1.73. The highest BCUT2D eigenvalue weighted by Crippen LogP contribution is 2.14. The van der Waals surface area contributed by atoms with Gasteiger partial charge in [0.05, 0.1) is 0 Å². The molecule has 0 radical (unpaired) electrons. The molecule has 1 aromatic carbocycles. The molecule has 0 bridgehead atoms. The second-order valence-electron chi connectivity index (χ2n) is 3.84. The lowest BCUT2D eigenvalue weighted by Crippen LogP contribution is -2.38. The summed E-state index contributed by atoms with van der Waals surface area (Å²) in [7, 11) is 0. The summed E-state index contributed by atoms with van der Waals surface area (Å²) in [5, 5.41) is 0.616. The number of hydrogen-bond donors (Lipinski definition) is 0. The highest BCUT2D eigenvalue weighted by Gasteiger charge is 2.21. The molecule has 1 aromatic rings. The van der Waals surface area contributed by atoms with Gasteiger partial charge in [0, 0.05) is 36.5 Å². The van der Waals surface area contributed by atoms with Crippen LogP contribution in [0.5, 0.6) is 0 Å². The minimum absolute atomic E-state index is 0.0239. The third kappa shape index (κ3) is 3.70. The molecule has 2 rings (SSSR count). The van der Waals surface area contributed by atoms with E-state index >= 15 is 0 Å². The number of ketones is 1. The standard InChI is InChI=1S/C12H12ClNO2.C2H4/c13-10-3-1-9(2-4-10)12(16)14-7-5-11(15)6-8-14;1-2/h1-4H,5-8H2;1-2H2. The number of carbonyl (C=O) groups excluding carboxylic acids is 2. The lowest BCUT2D eigenvalue weighted by atomic mass is 10.1. The number of hydrogen-bond acceptors (Lipinski definition) is 2. The Bertz CT molecular complexity index is 418. The predicted octanol–water partition coefficient (Wildman–Crippen LogP) is 2.95. The summed E-state index contributed by atoms with van der Waals surface area (Å²) in [4.78, 5) is 24.8. The van der Waals surface area contributed by atoms with Crippen molar-refractivity contribution in [1.82, 2.24) is 4.90 Å². The first-order valence-electron chi connectivity index (χ1n) is 5.73. The van der Waals surface area contributed by atoms with Crippen molar-refractivity contribution in [2.24, 2.45) is 0 Å². The number of rotatable bonds is 1. The number of Topliss-reactive ketones (excluding diaryl/α,β-unsaturated/α-hetero) is 1. The second-order valence-corrected chi connectivity index (χ2v) is 4.27. The number of nitrogens with zero attached hydrogens (tertiary/aromatic N) is 1. The molecule has 96 valence electrons. The Balaban J connectivity index is 0.000000771. The Kier molecular flexibility index (Phi) is 5.59. The molecule has 1 saturated heterocycles. The van der Waals surface area contributed by atoms with Crippen LogP contribution >= 0.6 is 11.6 Å². The monoisotopic (exact) mass is 265 g/mol. The molecule has 1 amide bonds. The van der Waals surface area contributed by atoms with E-state index in [0.29, 0.717) is 36.5 Å². The maximum Gasteiger partial charge on any atom is 0.253 e. The van der Waals surface area contributed by atoms with Crippen LogP contribution in [0.15, 0.2) is 37.4 Å². The first-order valence-corrected chi connectivity index (χ1v) is 6.11. The molecule has 18 heavy (non-hydrogen) atoms. The van der Waals surface area contributed by atoms with Gasteiger partial charge in [-0.1, -0.05) is 11.6 Å². The van der Waals surface area contributed by atoms with E-state index in [4.69, 9.17) is 11.6 Å². The van der Waals surface area contributed by atoms with Gasteiger partial charge in [-0.2, -0.15) is 0 Å². The van der Waals surface area contributed by atoms with Crippen LogP contribution in [0.25, 0.3) is 0 Å². The lowest BCUT2D eigenvalue weighted by molar-refractivity contribution is -0.120. The summed E-state index contributed by atoms with van der Waals surface area (Å²) in [6.07, 6.45) is 0.943. The van der Waals surface area contributed by atoms with Gasteiger partial charge in [-0.05, 0) is 24.3 Å². The van der Waals surface area contributed by atoms with Gasteiger partial charge < -0.3 is 4.90 Å². The van der Waals surface area contributed by atoms with Crippen molar-refractivity contribution in [1.29, 1.82) is 0 Å². The van der Waals surface area contributed by atoms with E-state index in [1.54, 1.807) is 29.2 Å². The zero-order chi connectivity index (χ0) is 13.5. The van der Waals surface area contributed by atoms with Crippen LogP contribution in [0, 0.1) is 0 Å². The number of benzene rings is 1. The first kappa shape index (κ1) is 14.5. The van der Waals surface area contributed by atoms with E-state index in [1.807, 2.05) is 0 Å². The van der Waals surface area contributed by atoms with Gasteiger partial charge in [-0.15, -0.1) is 13.2 Å². The van der Waals surface area contributed by atoms with E-state index in [-0.39, 0.29) is 11.7 Å². The van der Waals surface area contributed by atoms with Crippen molar-refractivity contribution in [3.63, 3.8) is 0 Å². The largest absolute Gasteiger partial charge is 0.338 e. The molecule has 1 aliphatic heterocycles. The number of halogens is 1. The van der Waals surface area contributed by atoms with Crippen LogP contribution in [-0.2, 0) is 4.79 Å². The van der Waals surface area contributed by atoms with E-state index in [1.165, 1.54) is 0 Å². The molecule has 4 heteroatoms. The van der Waals surface area contributed by atoms with Gasteiger partial charge in [-0.25, -0.2) is 0 Å². The quantitative estimate of drug-likeness (QED) is 0.732. The maximum absolute atomic E-state index is 12.0. The zero-order valence-corrected chi connectivity index (χ0v) is 10.9. The van der Waals surface area contributed by atoms with Crippen LogP contribution in [0.3, 0.4) is 0 Å². The fraction of sp³-hybridized carbons (Fsp3) is 0.286. The van der Waals surface area contributed by atoms with E-state index < -0.39 is 0 Å². The predicted molar refractivity (Wildman–Crippen MR) is 72.9 cm³/mol. The molecular weight excluding hydrogens is 250 g/mol. The Hall–Kier alpha value is -1.61. The normalized spacial score (nSPS) is 14.7. The van der Waals surface area contributed by atoms with Crippen LogP contribution in [-0.4, -0.2) is 29.7 Å². The van der Waals surface area contributed by atoms with Crippen molar-refractivity contribution in [3.05, 3.63) is 48.0 Å². The molecule has 0 aromatic heterocycles. The Labute approximate surface area is 112 Å². The Morgan fingerprint density at radius 3 is 2.11 bits per heavy atom. The van der Waals surface area contributed by atoms with Gasteiger partial charge >= 0.3 is 0 Å². The number of amides is 1. The Morgan fingerprint density at radius 2 is 1.61 bits per heavy atom. The van der Waals surface area contributed by atoms with Crippen molar-refractivity contribution < 1.29 is 9.59 Å². The van der Waals surface area contributed by atoms with Gasteiger partial charge in [0.25, 0.3) is 5.91 Å². The maximum atomic E-state index is 12.0.